The van der Waals surface area contributed by atoms with Gasteiger partial charge in [0.2, 0.25) is 0 Å². The summed E-state index contributed by atoms with van der Waals surface area (Å²) in [6.07, 6.45) is 2.43. The normalized spacial score (nSPS) is 24.6. The summed E-state index contributed by atoms with van der Waals surface area (Å²) in [6.45, 7) is 2.80. The van der Waals surface area contributed by atoms with Gasteiger partial charge in [-0.2, -0.15) is 0 Å². The van der Waals surface area contributed by atoms with Crippen LogP contribution >= 0.6 is 0 Å². The summed E-state index contributed by atoms with van der Waals surface area (Å²) in [6, 6.07) is 5.72. The number of aliphatic hydroxyl groups is 1. The van der Waals surface area contributed by atoms with E-state index in [-0.39, 0.29) is 5.92 Å². The summed E-state index contributed by atoms with van der Waals surface area (Å²) in [5, 5.41) is 10.4. The van der Waals surface area contributed by atoms with E-state index in [0.717, 1.165) is 42.9 Å². The van der Waals surface area contributed by atoms with Gasteiger partial charge >= 0.3 is 0 Å². The van der Waals surface area contributed by atoms with Gasteiger partial charge in [0.15, 0.2) is 11.5 Å². The highest BCUT2D eigenvalue weighted by molar-refractivity contribution is 5.44. The van der Waals surface area contributed by atoms with Gasteiger partial charge in [-0.1, -0.05) is 6.07 Å². The van der Waals surface area contributed by atoms with Crippen LogP contribution < -0.4 is 9.47 Å². The smallest absolute Gasteiger partial charge is 0.161 e. The lowest BCUT2D eigenvalue weighted by atomic mass is 9.91. The lowest BCUT2D eigenvalue weighted by Gasteiger charge is -2.27. The molecule has 1 saturated heterocycles. The van der Waals surface area contributed by atoms with Gasteiger partial charge in [-0.25, -0.2) is 0 Å². The van der Waals surface area contributed by atoms with E-state index in [2.05, 4.69) is 0 Å². The third kappa shape index (κ3) is 2.85. The summed E-state index contributed by atoms with van der Waals surface area (Å²) >= 11 is 0. The Labute approximate surface area is 113 Å². The molecule has 4 heteroatoms. The minimum absolute atomic E-state index is 0.179. The summed E-state index contributed by atoms with van der Waals surface area (Å²) < 4.78 is 16.7. The lowest BCUT2D eigenvalue weighted by Crippen LogP contribution is -2.23. The van der Waals surface area contributed by atoms with Crippen LogP contribution in [0.3, 0.4) is 0 Å². The van der Waals surface area contributed by atoms with E-state index in [9.17, 15) is 5.11 Å². The van der Waals surface area contributed by atoms with Crippen molar-refractivity contribution in [2.24, 2.45) is 5.92 Å². The largest absolute Gasteiger partial charge is 0.490 e. The first-order chi connectivity index (χ1) is 9.34. The van der Waals surface area contributed by atoms with Crippen molar-refractivity contribution in [3.05, 3.63) is 23.8 Å². The number of fused-ring (bicyclic) bond motifs is 1. The number of hydrogen-bond donors (Lipinski definition) is 1. The number of rotatable bonds is 2. The predicted octanol–water partition coefficient (Wildman–Crippen LogP) is 2.31. The Morgan fingerprint density at radius 2 is 1.89 bits per heavy atom. The molecule has 0 saturated carbocycles. The zero-order chi connectivity index (χ0) is 13.1. The second kappa shape index (κ2) is 5.80. The fourth-order valence-corrected chi connectivity index (χ4v) is 2.65. The van der Waals surface area contributed by atoms with Crippen LogP contribution in [0.15, 0.2) is 18.2 Å². The maximum absolute atomic E-state index is 10.4. The van der Waals surface area contributed by atoms with Crippen molar-refractivity contribution in [3.8, 4) is 11.5 Å². The van der Waals surface area contributed by atoms with E-state index >= 15 is 0 Å². The molecule has 4 nitrogen and oxygen atoms in total. The molecule has 0 radical (unpaired) electrons. The van der Waals surface area contributed by atoms with Gasteiger partial charge in [0.05, 0.1) is 25.9 Å². The second-order valence-corrected chi connectivity index (χ2v) is 5.18. The molecule has 0 aliphatic carbocycles. The summed E-state index contributed by atoms with van der Waals surface area (Å²) in [5.41, 5.74) is 0.889. The standard InChI is InChI=1S/C15H20O4/c16-15(12-3-1-6-17-10-12)11-4-5-13-14(9-11)19-8-2-7-18-13/h4-5,9,12,15-16H,1-3,6-8,10H2. The van der Waals surface area contributed by atoms with Crippen molar-refractivity contribution in [2.75, 3.05) is 26.4 Å². The molecular weight excluding hydrogens is 244 g/mol. The van der Waals surface area contributed by atoms with E-state index < -0.39 is 6.10 Å². The average Bonchev–Trinajstić information content (AvgIpc) is 2.72. The Morgan fingerprint density at radius 1 is 1.05 bits per heavy atom. The number of aliphatic hydroxyl groups excluding tert-OH is 1. The Morgan fingerprint density at radius 3 is 2.68 bits per heavy atom. The van der Waals surface area contributed by atoms with Crippen molar-refractivity contribution < 1.29 is 19.3 Å². The minimum Gasteiger partial charge on any atom is -0.490 e. The molecule has 2 unspecified atom stereocenters. The van der Waals surface area contributed by atoms with Crippen molar-refractivity contribution in [3.63, 3.8) is 0 Å². The Bertz CT molecular complexity index is 426. The first-order valence-corrected chi connectivity index (χ1v) is 7.00. The molecule has 2 aliphatic heterocycles. The molecule has 19 heavy (non-hydrogen) atoms. The molecule has 0 aromatic heterocycles. The van der Waals surface area contributed by atoms with Gasteiger partial charge in [0.1, 0.15) is 0 Å². The van der Waals surface area contributed by atoms with Crippen molar-refractivity contribution in [1.82, 2.24) is 0 Å². The molecule has 0 spiro atoms. The molecule has 2 heterocycles. The van der Waals surface area contributed by atoms with Crippen LogP contribution in [0, 0.1) is 5.92 Å². The van der Waals surface area contributed by atoms with Gasteiger partial charge in [-0.3, -0.25) is 0 Å². The molecule has 104 valence electrons. The summed E-state index contributed by atoms with van der Waals surface area (Å²) in [5.74, 6) is 1.69. The lowest BCUT2D eigenvalue weighted by molar-refractivity contribution is -0.0100. The maximum atomic E-state index is 10.4. The van der Waals surface area contributed by atoms with Crippen LogP contribution in [0.5, 0.6) is 11.5 Å². The maximum Gasteiger partial charge on any atom is 0.161 e. The number of hydrogen-bond acceptors (Lipinski definition) is 4. The van der Waals surface area contributed by atoms with E-state index in [1.165, 1.54) is 0 Å². The first kappa shape index (κ1) is 12.8. The van der Waals surface area contributed by atoms with Gasteiger partial charge in [-0.15, -0.1) is 0 Å². The topological polar surface area (TPSA) is 47.9 Å². The van der Waals surface area contributed by atoms with E-state index in [1.807, 2.05) is 18.2 Å². The van der Waals surface area contributed by atoms with E-state index in [0.29, 0.717) is 19.8 Å². The quantitative estimate of drug-likeness (QED) is 0.890. The van der Waals surface area contributed by atoms with Crippen LogP contribution in [-0.2, 0) is 4.74 Å². The zero-order valence-corrected chi connectivity index (χ0v) is 11.0. The molecule has 0 bridgehead atoms. The number of ether oxygens (including phenoxy) is 3. The number of benzene rings is 1. The van der Waals surface area contributed by atoms with Crippen LogP contribution in [0.2, 0.25) is 0 Å². The third-order valence-electron chi connectivity index (χ3n) is 3.76. The average molecular weight is 264 g/mol. The zero-order valence-electron chi connectivity index (χ0n) is 11.0. The molecule has 2 aliphatic rings. The third-order valence-corrected chi connectivity index (χ3v) is 3.76. The molecule has 3 rings (SSSR count). The van der Waals surface area contributed by atoms with Crippen molar-refractivity contribution >= 4 is 0 Å². The SMILES string of the molecule is OC(c1ccc2c(c1)OCCCO2)C1CCCOC1. The van der Waals surface area contributed by atoms with Crippen molar-refractivity contribution in [1.29, 1.82) is 0 Å². The monoisotopic (exact) mass is 264 g/mol. The molecule has 2 atom stereocenters. The first-order valence-electron chi connectivity index (χ1n) is 7.00. The molecule has 0 amide bonds. The molecule has 1 aromatic carbocycles. The Hall–Kier alpha value is -1.26. The van der Waals surface area contributed by atoms with Gasteiger partial charge in [0, 0.05) is 18.9 Å². The summed E-state index contributed by atoms with van der Waals surface area (Å²) in [7, 11) is 0. The highest BCUT2D eigenvalue weighted by Gasteiger charge is 2.25. The van der Waals surface area contributed by atoms with Gasteiger partial charge in [0.25, 0.3) is 0 Å². The highest BCUT2D eigenvalue weighted by atomic mass is 16.5. The Balaban J connectivity index is 1.78. The van der Waals surface area contributed by atoms with Crippen LogP contribution in [0.4, 0.5) is 0 Å². The molecule has 1 fully saturated rings. The van der Waals surface area contributed by atoms with Crippen molar-refractivity contribution in [2.45, 2.75) is 25.4 Å². The fraction of sp³-hybridized carbons (Fsp3) is 0.600. The molecule has 1 N–H and O–H groups in total. The predicted molar refractivity (Wildman–Crippen MR) is 70.6 cm³/mol. The van der Waals surface area contributed by atoms with E-state index in [1.54, 1.807) is 0 Å². The molecular formula is C15H20O4. The second-order valence-electron chi connectivity index (χ2n) is 5.18. The molecule has 1 aromatic rings. The highest BCUT2D eigenvalue weighted by Crippen LogP contribution is 2.35. The Kier molecular flexibility index (Phi) is 3.89. The minimum atomic E-state index is -0.488. The van der Waals surface area contributed by atoms with Gasteiger partial charge < -0.3 is 19.3 Å². The van der Waals surface area contributed by atoms with E-state index in [4.69, 9.17) is 14.2 Å². The summed E-state index contributed by atoms with van der Waals surface area (Å²) in [4.78, 5) is 0. The van der Waals surface area contributed by atoms with Crippen LogP contribution in [0.1, 0.15) is 30.9 Å². The van der Waals surface area contributed by atoms with Crippen LogP contribution in [0.25, 0.3) is 0 Å². The fourth-order valence-electron chi connectivity index (χ4n) is 2.65. The van der Waals surface area contributed by atoms with Crippen LogP contribution in [-0.4, -0.2) is 31.5 Å². The van der Waals surface area contributed by atoms with Gasteiger partial charge in [-0.05, 0) is 30.5 Å².